The average molecular weight is 692 g/mol. The number of benzene rings is 1. The van der Waals surface area contributed by atoms with E-state index in [0.29, 0.717) is 77.1 Å². The van der Waals surface area contributed by atoms with Gasteiger partial charge in [0.2, 0.25) is 11.8 Å². The van der Waals surface area contributed by atoms with Crippen LogP contribution in [-0.4, -0.2) is 90.1 Å². The number of rotatable bonds is 9. The Morgan fingerprint density at radius 2 is 1.92 bits per heavy atom. The Kier molecular flexibility index (Phi) is 9.20. The van der Waals surface area contributed by atoms with E-state index in [1.54, 1.807) is 56.4 Å². The second kappa shape index (κ2) is 13.1. The van der Waals surface area contributed by atoms with E-state index in [1.807, 2.05) is 35.2 Å². The molecule has 2 saturated heterocycles. The number of carbonyl (C=O) groups is 2. The highest BCUT2D eigenvalue weighted by atomic mass is 35.5. The first-order valence-corrected chi connectivity index (χ1v) is 16.6. The fourth-order valence-electron chi connectivity index (χ4n) is 6.37. The number of hydrogen-bond acceptors (Lipinski definition) is 9. The third kappa shape index (κ3) is 7.43. The number of amides is 2. The summed E-state index contributed by atoms with van der Waals surface area (Å²) in [6.45, 7) is 9.12. The van der Waals surface area contributed by atoms with Crippen molar-refractivity contribution in [2.24, 2.45) is 7.05 Å². The molecule has 4 aromatic rings. The van der Waals surface area contributed by atoms with E-state index in [4.69, 9.17) is 31.2 Å². The van der Waals surface area contributed by atoms with Crippen LogP contribution < -0.4 is 15.6 Å². The van der Waals surface area contributed by atoms with Crippen molar-refractivity contribution in [3.63, 3.8) is 0 Å². The van der Waals surface area contributed by atoms with Gasteiger partial charge in [0, 0.05) is 67.6 Å². The van der Waals surface area contributed by atoms with E-state index >= 15 is 0 Å². The van der Waals surface area contributed by atoms with Crippen molar-refractivity contribution in [2.75, 3.05) is 26.7 Å². The van der Waals surface area contributed by atoms with E-state index in [1.165, 1.54) is 11.7 Å². The Bertz CT molecular complexity index is 1970. The lowest BCUT2D eigenvalue weighted by atomic mass is 9.97. The number of hydrogen-bond donors (Lipinski definition) is 2. The second-order valence-corrected chi connectivity index (χ2v) is 14.6. The monoisotopic (exact) mass is 691 g/mol. The molecule has 0 aliphatic carbocycles. The molecule has 14 heteroatoms. The molecule has 0 saturated carbocycles. The van der Waals surface area contributed by atoms with Gasteiger partial charge in [0.1, 0.15) is 16.9 Å². The molecule has 0 unspecified atom stereocenters. The van der Waals surface area contributed by atoms with Crippen LogP contribution in [0.4, 0.5) is 4.79 Å². The third-order valence-corrected chi connectivity index (χ3v) is 9.09. The third-order valence-electron chi connectivity index (χ3n) is 8.68. The Morgan fingerprint density at radius 3 is 2.57 bits per heavy atom. The van der Waals surface area contributed by atoms with E-state index in [9.17, 15) is 19.5 Å². The molecule has 2 fully saturated rings. The molecule has 6 rings (SSSR count). The van der Waals surface area contributed by atoms with Crippen LogP contribution >= 0.6 is 11.6 Å². The molecule has 1 aromatic carbocycles. The molecule has 13 nitrogen and oxygen atoms in total. The number of nitrogens with one attached hydrogen (secondary N) is 1. The highest BCUT2D eigenvalue weighted by molar-refractivity contribution is 6.36. The van der Waals surface area contributed by atoms with Gasteiger partial charge in [0.25, 0.3) is 5.56 Å². The first-order chi connectivity index (χ1) is 23.1. The summed E-state index contributed by atoms with van der Waals surface area (Å²) < 4.78 is 14.5. The summed E-state index contributed by atoms with van der Waals surface area (Å²) in [5.41, 5.74) is 2.10. The van der Waals surface area contributed by atoms with Gasteiger partial charge in [-0.05, 0) is 52.3 Å². The van der Waals surface area contributed by atoms with Gasteiger partial charge in [-0.15, -0.1) is 0 Å². The molecule has 49 heavy (non-hydrogen) atoms. The second-order valence-electron chi connectivity index (χ2n) is 14.2. The minimum Gasteiger partial charge on any atom is -0.481 e. The number of pyridine rings is 1. The Hall–Kier alpha value is -4.46. The number of aromatic nitrogens is 4. The maximum atomic E-state index is 13.3. The Balaban J connectivity index is 1.28. The SMILES string of the molecule is COc1nc(-c2cccc(-c3cc4c(=O)n(C)c(CN5CC(C)(O)C5)nn4c3)c2Cl)ccc1CN(C[C@@H]1CCC(=O)N1)C(=O)OC(C)(C)C. The first-order valence-electron chi connectivity index (χ1n) is 16.2. The maximum Gasteiger partial charge on any atom is 0.410 e. The number of aliphatic hydroxyl groups is 1. The zero-order chi connectivity index (χ0) is 35.2. The van der Waals surface area contributed by atoms with Crippen LogP contribution in [0.2, 0.25) is 5.02 Å². The smallest absolute Gasteiger partial charge is 0.410 e. The molecule has 5 heterocycles. The zero-order valence-corrected chi connectivity index (χ0v) is 29.4. The van der Waals surface area contributed by atoms with Gasteiger partial charge in [0.15, 0.2) is 0 Å². The molecule has 2 aliphatic heterocycles. The van der Waals surface area contributed by atoms with Gasteiger partial charge in [-0.1, -0.05) is 29.8 Å². The van der Waals surface area contributed by atoms with Gasteiger partial charge in [-0.2, -0.15) is 5.10 Å². The number of nitrogens with zero attached hydrogens (tertiary/aromatic N) is 6. The molecule has 0 spiro atoms. The number of likely N-dealkylation sites (tertiary alicyclic amines) is 1. The summed E-state index contributed by atoms with van der Waals surface area (Å²) in [6.07, 6.45) is 2.34. The van der Waals surface area contributed by atoms with Crippen LogP contribution in [-0.2, 0) is 29.7 Å². The molecule has 2 amide bonds. The Labute approximate surface area is 289 Å². The van der Waals surface area contributed by atoms with E-state index in [2.05, 4.69) is 5.32 Å². The number of fused-ring (bicyclic) bond motifs is 1. The van der Waals surface area contributed by atoms with Gasteiger partial charge >= 0.3 is 6.09 Å². The maximum absolute atomic E-state index is 13.3. The topological polar surface area (TPSA) is 144 Å². The summed E-state index contributed by atoms with van der Waals surface area (Å²) in [5, 5.41) is 18.2. The lowest BCUT2D eigenvalue weighted by Crippen LogP contribution is -2.59. The summed E-state index contributed by atoms with van der Waals surface area (Å²) in [5.74, 6) is 0.873. The summed E-state index contributed by atoms with van der Waals surface area (Å²) in [4.78, 5) is 46.7. The van der Waals surface area contributed by atoms with E-state index in [-0.39, 0.29) is 30.6 Å². The normalized spacial score (nSPS) is 17.6. The lowest BCUT2D eigenvalue weighted by Gasteiger charge is -2.44. The molecule has 260 valence electrons. The van der Waals surface area contributed by atoms with Crippen molar-refractivity contribution in [1.29, 1.82) is 0 Å². The number of methoxy groups -OCH3 is 1. The first kappa shape index (κ1) is 34.4. The number of carbonyl (C=O) groups excluding carboxylic acids is 2. The fraction of sp³-hybridized carbons (Fsp3) is 0.457. The minimum atomic E-state index is -0.722. The van der Waals surface area contributed by atoms with Gasteiger partial charge in [-0.3, -0.25) is 19.1 Å². The quantitative estimate of drug-likeness (QED) is 0.266. The standard InChI is InChI=1S/C35H42ClN7O6/c1-34(2,3)49-33(46)42(17-23-11-13-29(44)37-23)15-21-10-12-26(38-31(21)48-6)25-9-7-8-24(30(25)36)22-14-27-32(45)40(5)28(39-43(27)16-22)18-41-19-35(4,47)20-41/h7-10,12,14,16,23,47H,11,13,15,17-20H2,1-6H3,(H,37,44)/t23-/m0/s1. The van der Waals surface area contributed by atoms with E-state index < -0.39 is 17.3 Å². The van der Waals surface area contributed by atoms with Crippen LogP contribution in [0.1, 0.15) is 51.9 Å². The predicted molar refractivity (Wildman–Crippen MR) is 184 cm³/mol. The number of β-amino-alcohol motifs (C(OH)–C–C–N with tert-alkyl or cyclic N) is 1. The van der Waals surface area contributed by atoms with Crippen LogP contribution in [0.5, 0.6) is 5.88 Å². The minimum absolute atomic E-state index is 0.0352. The molecule has 3 aromatic heterocycles. The van der Waals surface area contributed by atoms with Crippen LogP contribution in [0, 0.1) is 0 Å². The number of halogens is 1. The van der Waals surface area contributed by atoms with Gasteiger partial charge in [-0.25, -0.2) is 14.3 Å². The molecule has 2 N–H and O–H groups in total. The van der Waals surface area contributed by atoms with Crippen molar-refractivity contribution in [3.05, 3.63) is 69.4 Å². The van der Waals surface area contributed by atoms with Crippen LogP contribution in [0.3, 0.4) is 0 Å². The van der Waals surface area contributed by atoms with Gasteiger partial charge in [0.05, 0.1) is 36.5 Å². The molecule has 0 radical (unpaired) electrons. The molecule has 0 bridgehead atoms. The van der Waals surface area contributed by atoms with Crippen LogP contribution in [0.15, 0.2) is 47.4 Å². The highest BCUT2D eigenvalue weighted by Crippen LogP contribution is 2.37. The molecular weight excluding hydrogens is 650 g/mol. The number of ether oxygens (including phenoxy) is 2. The van der Waals surface area contributed by atoms with Crippen molar-refractivity contribution in [2.45, 2.75) is 70.9 Å². The van der Waals surface area contributed by atoms with Gasteiger partial charge < -0.3 is 24.8 Å². The Morgan fingerprint density at radius 1 is 1.18 bits per heavy atom. The predicted octanol–water partition coefficient (Wildman–Crippen LogP) is 4.01. The fourth-order valence-corrected chi connectivity index (χ4v) is 6.71. The van der Waals surface area contributed by atoms with Crippen molar-refractivity contribution < 1.29 is 24.2 Å². The summed E-state index contributed by atoms with van der Waals surface area (Å²) >= 11 is 7.03. The highest BCUT2D eigenvalue weighted by Gasteiger charge is 2.37. The molecule has 2 aliphatic rings. The lowest BCUT2D eigenvalue weighted by molar-refractivity contribution is -0.119. The zero-order valence-electron chi connectivity index (χ0n) is 28.6. The van der Waals surface area contributed by atoms with Crippen LogP contribution in [0.25, 0.3) is 27.9 Å². The van der Waals surface area contributed by atoms with Crippen molar-refractivity contribution in [3.8, 4) is 28.3 Å². The average Bonchev–Trinajstić information content (AvgIpc) is 3.63. The van der Waals surface area contributed by atoms with Crippen molar-refractivity contribution >= 4 is 29.1 Å². The molecular formula is C35H42ClN7O6. The van der Waals surface area contributed by atoms with Crippen molar-refractivity contribution in [1.82, 2.24) is 34.3 Å². The largest absolute Gasteiger partial charge is 0.481 e. The summed E-state index contributed by atoms with van der Waals surface area (Å²) in [6, 6.07) is 10.9. The summed E-state index contributed by atoms with van der Waals surface area (Å²) in [7, 11) is 3.21. The molecule has 1 atom stereocenters. The van der Waals surface area contributed by atoms with E-state index in [0.717, 1.165) is 5.56 Å².